The molecule has 0 aliphatic carbocycles. The minimum absolute atomic E-state index is 0.348. The van der Waals surface area contributed by atoms with Crippen LogP contribution in [0.3, 0.4) is 0 Å². The van der Waals surface area contributed by atoms with Crippen LogP contribution in [0.15, 0.2) is 36.4 Å². The van der Waals surface area contributed by atoms with Crippen molar-refractivity contribution < 1.29 is 5.11 Å². The van der Waals surface area contributed by atoms with Crippen molar-refractivity contribution >= 4 is 26.7 Å². The second-order valence-electron chi connectivity index (χ2n) is 2.92. The van der Waals surface area contributed by atoms with Crippen LogP contribution in [0.25, 0.3) is 10.8 Å². The van der Waals surface area contributed by atoms with Crippen LogP contribution in [0.1, 0.15) is 5.56 Å². The molecule has 0 saturated heterocycles. The molecule has 1 N–H and O–H groups in total. The number of benzene rings is 2. The monoisotopic (exact) mass is 236 g/mol. The van der Waals surface area contributed by atoms with Crippen LogP contribution in [0.2, 0.25) is 0 Å². The third kappa shape index (κ3) is 1.42. The van der Waals surface area contributed by atoms with E-state index in [2.05, 4.69) is 22.0 Å². The molecule has 0 saturated carbocycles. The van der Waals surface area contributed by atoms with Gasteiger partial charge in [-0.1, -0.05) is 46.3 Å². The number of fused-ring (bicyclic) bond motifs is 1. The van der Waals surface area contributed by atoms with Gasteiger partial charge >= 0.3 is 0 Å². The minimum atomic E-state index is 0.348. The van der Waals surface area contributed by atoms with Gasteiger partial charge in [-0.25, -0.2) is 0 Å². The average molecular weight is 237 g/mol. The molecule has 1 nitrogen and oxygen atoms in total. The maximum Gasteiger partial charge on any atom is 0.123 e. The van der Waals surface area contributed by atoms with E-state index >= 15 is 0 Å². The Balaban J connectivity index is 2.84. The van der Waals surface area contributed by atoms with Crippen molar-refractivity contribution in [2.45, 2.75) is 5.33 Å². The third-order valence-corrected chi connectivity index (χ3v) is 2.74. The standard InChI is InChI=1S/C11H9BrO/c12-7-8-3-1-5-10-9(8)4-2-6-11(10)13/h1-6,13H,7H2. The summed E-state index contributed by atoms with van der Waals surface area (Å²) in [5.41, 5.74) is 1.20. The molecule has 0 aromatic heterocycles. The Morgan fingerprint density at radius 2 is 1.69 bits per heavy atom. The predicted octanol–water partition coefficient (Wildman–Crippen LogP) is 3.44. The Labute approximate surface area is 85.1 Å². The first-order chi connectivity index (χ1) is 6.33. The molecule has 2 aromatic rings. The molecule has 0 amide bonds. The van der Waals surface area contributed by atoms with Gasteiger partial charge in [0.1, 0.15) is 5.75 Å². The fourth-order valence-electron chi connectivity index (χ4n) is 1.47. The van der Waals surface area contributed by atoms with E-state index in [9.17, 15) is 5.11 Å². The fraction of sp³-hybridized carbons (Fsp3) is 0.0909. The lowest BCUT2D eigenvalue weighted by molar-refractivity contribution is 0.481. The number of aromatic hydroxyl groups is 1. The molecule has 0 radical (unpaired) electrons. The molecule has 0 unspecified atom stereocenters. The van der Waals surface area contributed by atoms with E-state index in [-0.39, 0.29) is 0 Å². The zero-order chi connectivity index (χ0) is 9.26. The zero-order valence-electron chi connectivity index (χ0n) is 7.00. The highest BCUT2D eigenvalue weighted by molar-refractivity contribution is 9.08. The molecule has 66 valence electrons. The van der Waals surface area contributed by atoms with Gasteiger partial charge in [-0.05, 0) is 17.0 Å². The molecule has 0 bridgehead atoms. The van der Waals surface area contributed by atoms with E-state index in [0.29, 0.717) is 5.75 Å². The summed E-state index contributed by atoms with van der Waals surface area (Å²) in [4.78, 5) is 0. The molecule has 0 spiro atoms. The van der Waals surface area contributed by atoms with E-state index in [1.54, 1.807) is 6.07 Å². The van der Waals surface area contributed by atoms with Gasteiger partial charge in [-0.3, -0.25) is 0 Å². The first-order valence-corrected chi connectivity index (χ1v) is 5.20. The van der Waals surface area contributed by atoms with Gasteiger partial charge in [0.2, 0.25) is 0 Å². The third-order valence-electron chi connectivity index (χ3n) is 2.13. The van der Waals surface area contributed by atoms with E-state index in [1.807, 2.05) is 24.3 Å². The van der Waals surface area contributed by atoms with Crippen molar-refractivity contribution in [2.75, 3.05) is 0 Å². The van der Waals surface area contributed by atoms with Gasteiger partial charge in [0.25, 0.3) is 0 Å². The second-order valence-corrected chi connectivity index (χ2v) is 3.48. The van der Waals surface area contributed by atoms with E-state index in [0.717, 1.165) is 16.1 Å². The lowest BCUT2D eigenvalue weighted by Crippen LogP contribution is -1.81. The molecule has 2 aromatic carbocycles. The van der Waals surface area contributed by atoms with E-state index < -0.39 is 0 Å². The van der Waals surface area contributed by atoms with Crippen LogP contribution < -0.4 is 0 Å². The lowest BCUT2D eigenvalue weighted by atomic mass is 10.1. The first-order valence-electron chi connectivity index (χ1n) is 4.08. The molecular weight excluding hydrogens is 228 g/mol. The number of hydrogen-bond donors (Lipinski definition) is 1. The smallest absolute Gasteiger partial charge is 0.123 e. The summed E-state index contributed by atoms with van der Waals surface area (Å²) in [6.07, 6.45) is 0. The lowest BCUT2D eigenvalue weighted by Gasteiger charge is -2.04. The molecular formula is C11H9BrO. The molecule has 0 aliphatic heterocycles. The van der Waals surface area contributed by atoms with Gasteiger partial charge in [0.15, 0.2) is 0 Å². The topological polar surface area (TPSA) is 20.2 Å². The summed E-state index contributed by atoms with van der Waals surface area (Å²) >= 11 is 3.42. The number of phenolic OH excluding ortho intramolecular Hbond substituents is 1. The van der Waals surface area contributed by atoms with Crippen LogP contribution in [-0.2, 0) is 5.33 Å². The number of halogens is 1. The number of rotatable bonds is 1. The van der Waals surface area contributed by atoms with Crippen LogP contribution in [0, 0.1) is 0 Å². The molecule has 2 heteroatoms. The molecule has 2 rings (SSSR count). The Morgan fingerprint density at radius 1 is 1.00 bits per heavy atom. The molecule has 0 fully saturated rings. The summed E-state index contributed by atoms with van der Waals surface area (Å²) in [6.45, 7) is 0. The Kier molecular flexibility index (Phi) is 2.23. The largest absolute Gasteiger partial charge is 0.507 e. The maximum absolute atomic E-state index is 9.58. The summed E-state index contributed by atoms with van der Waals surface area (Å²) in [5.74, 6) is 0.348. The van der Waals surface area contributed by atoms with Crippen molar-refractivity contribution in [3.63, 3.8) is 0 Å². The average Bonchev–Trinajstić information content (AvgIpc) is 2.18. The quantitative estimate of drug-likeness (QED) is 0.753. The van der Waals surface area contributed by atoms with Crippen LogP contribution in [-0.4, -0.2) is 5.11 Å². The molecule has 0 aliphatic rings. The fourth-order valence-corrected chi connectivity index (χ4v) is 1.96. The van der Waals surface area contributed by atoms with E-state index in [4.69, 9.17) is 0 Å². The SMILES string of the molecule is Oc1cccc2c(CBr)cccc12. The molecule has 0 atom stereocenters. The zero-order valence-corrected chi connectivity index (χ0v) is 8.58. The highest BCUT2D eigenvalue weighted by Gasteiger charge is 2.01. The van der Waals surface area contributed by atoms with Crippen LogP contribution in [0.4, 0.5) is 0 Å². The predicted molar refractivity (Wildman–Crippen MR) is 58.2 cm³/mol. The van der Waals surface area contributed by atoms with Gasteiger partial charge in [0.05, 0.1) is 0 Å². The van der Waals surface area contributed by atoms with Gasteiger partial charge < -0.3 is 5.11 Å². The normalized spacial score (nSPS) is 10.5. The van der Waals surface area contributed by atoms with Gasteiger partial charge in [0, 0.05) is 10.7 Å². The van der Waals surface area contributed by atoms with Crippen molar-refractivity contribution in [3.05, 3.63) is 42.0 Å². The van der Waals surface area contributed by atoms with Crippen molar-refractivity contribution in [1.29, 1.82) is 0 Å². The van der Waals surface area contributed by atoms with Crippen molar-refractivity contribution in [1.82, 2.24) is 0 Å². The van der Waals surface area contributed by atoms with Gasteiger partial charge in [-0.2, -0.15) is 0 Å². The number of phenols is 1. The van der Waals surface area contributed by atoms with Crippen molar-refractivity contribution in [3.8, 4) is 5.75 Å². The molecule has 0 heterocycles. The Morgan fingerprint density at radius 3 is 2.46 bits per heavy atom. The second kappa shape index (κ2) is 3.38. The van der Waals surface area contributed by atoms with E-state index in [1.165, 1.54) is 5.56 Å². The van der Waals surface area contributed by atoms with Crippen molar-refractivity contribution in [2.24, 2.45) is 0 Å². The summed E-state index contributed by atoms with van der Waals surface area (Å²) in [5, 5.41) is 12.4. The highest BCUT2D eigenvalue weighted by atomic mass is 79.9. The first kappa shape index (κ1) is 8.57. The van der Waals surface area contributed by atoms with Crippen LogP contribution in [0.5, 0.6) is 5.75 Å². The Hall–Kier alpha value is -1.02. The van der Waals surface area contributed by atoms with Gasteiger partial charge in [-0.15, -0.1) is 0 Å². The summed E-state index contributed by atoms with van der Waals surface area (Å²) < 4.78 is 0. The summed E-state index contributed by atoms with van der Waals surface area (Å²) in [7, 11) is 0. The molecule has 13 heavy (non-hydrogen) atoms. The minimum Gasteiger partial charge on any atom is -0.507 e. The number of alkyl halides is 1. The highest BCUT2D eigenvalue weighted by Crippen LogP contribution is 2.27. The summed E-state index contributed by atoms with van der Waals surface area (Å²) in [6, 6.07) is 11.5. The maximum atomic E-state index is 9.58. The number of hydrogen-bond acceptors (Lipinski definition) is 1. The van der Waals surface area contributed by atoms with Crippen LogP contribution >= 0.6 is 15.9 Å². The Bertz CT molecular complexity index is 437.